The van der Waals surface area contributed by atoms with Gasteiger partial charge >= 0.3 is 11.9 Å². The second kappa shape index (κ2) is 4.44. The first kappa shape index (κ1) is 11.0. The van der Waals surface area contributed by atoms with Crippen molar-refractivity contribution in [3.63, 3.8) is 0 Å². The van der Waals surface area contributed by atoms with Crippen molar-refractivity contribution < 1.29 is 19.4 Å². The molecule has 80 valence electrons. The normalized spacial score (nSPS) is 32.3. The van der Waals surface area contributed by atoms with E-state index in [1.807, 2.05) is 6.92 Å². The van der Waals surface area contributed by atoms with E-state index in [4.69, 9.17) is 9.84 Å². The highest BCUT2D eigenvalue weighted by atomic mass is 16.5. The lowest BCUT2D eigenvalue weighted by atomic mass is 9.81. The van der Waals surface area contributed by atoms with Crippen molar-refractivity contribution >= 4 is 11.9 Å². The maximum absolute atomic E-state index is 10.8. The number of aliphatic carboxylic acids is 1. The highest BCUT2D eigenvalue weighted by Crippen LogP contribution is 2.31. The van der Waals surface area contributed by atoms with Gasteiger partial charge in [-0.25, -0.2) is 0 Å². The molecule has 1 rings (SSSR count). The summed E-state index contributed by atoms with van der Waals surface area (Å²) in [4.78, 5) is 21.5. The van der Waals surface area contributed by atoms with Crippen LogP contribution in [0.25, 0.3) is 0 Å². The van der Waals surface area contributed by atoms with Crippen molar-refractivity contribution in [2.24, 2.45) is 11.8 Å². The third kappa shape index (κ3) is 2.72. The van der Waals surface area contributed by atoms with Gasteiger partial charge in [0.1, 0.15) is 6.10 Å². The summed E-state index contributed by atoms with van der Waals surface area (Å²) in [6.07, 6.45) is 1.74. The second-order valence-corrected chi connectivity index (χ2v) is 3.97. The Balaban J connectivity index is 2.55. The molecule has 0 amide bonds. The van der Waals surface area contributed by atoms with Gasteiger partial charge in [-0.05, 0) is 25.2 Å². The average molecular weight is 200 g/mol. The largest absolute Gasteiger partial charge is 0.481 e. The minimum absolute atomic E-state index is 0.220. The van der Waals surface area contributed by atoms with Crippen LogP contribution in [0.4, 0.5) is 0 Å². The fourth-order valence-corrected chi connectivity index (χ4v) is 1.88. The summed E-state index contributed by atoms with van der Waals surface area (Å²) in [6, 6.07) is 0. The van der Waals surface area contributed by atoms with Crippen LogP contribution < -0.4 is 0 Å². The number of hydrogen-bond acceptors (Lipinski definition) is 3. The lowest BCUT2D eigenvalue weighted by Crippen LogP contribution is -2.34. The molecule has 0 spiro atoms. The molecule has 0 heterocycles. The lowest BCUT2D eigenvalue weighted by Gasteiger charge is -2.31. The third-order valence-electron chi connectivity index (χ3n) is 2.79. The van der Waals surface area contributed by atoms with E-state index in [0.717, 1.165) is 6.42 Å². The molecule has 1 aliphatic rings. The molecule has 0 aromatic carbocycles. The van der Waals surface area contributed by atoms with Crippen molar-refractivity contribution in [3.8, 4) is 0 Å². The number of esters is 1. The lowest BCUT2D eigenvalue weighted by molar-refractivity contribution is -0.157. The third-order valence-corrected chi connectivity index (χ3v) is 2.79. The van der Waals surface area contributed by atoms with Crippen LogP contribution in [-0.2, 0) is 14.3 Å². The highest BCUT2D eigenvalue weighted by molar-refractivity contribution is 5.70. The van der Waals surface area contributed by atoms with Crippen LogP contribution in [0.5, 0.6) is 0 Å². The van der Waals surface area contributed by atoms with E-state index in [-0.39, 0.29) is 23.9 Å². The van der Waals surface area contributed by atoms with E-state index in [9.17, 15) is 9.59 Å². The van der Waals surface area contributed by atoms with Crippen molar-refractivity contribution in [3.05, 3.63) is 0 Å². The van der Waals surface area contributed by atoms with E-state index in [2.05, 4.69) is 0 Å². The first-order valence-electron chi connectivity index (χ1n) is 4.90. The quantitative estimate of drug-likeness (QED) is 0.685. The zero-order valence-corrected chi connectivity index (χ0v) is 8.53. The van der Waals surface area contributed by atoms with E-state index < -0.39 is 5.97 Å². The van der Waals surface area contributed by atoms with Crippen molar-refractivity contribution in [2.45, 2.75) is 39.2 Å². The Morgan fingerprint density at radius 3 is 2.50 bits per heavy atom. The Hall–Kier alpha value is -1.06. The molecule has 0 unspecified atom stereocenters. The van der Waals surface area contributed by atoms with Gasteiger partial charge in [-0.1, -0.05) is 6.92 Å². The Kier molecular flexibility index (Phi) is 3.49. The Morgan fingerprint density at radius 1 is 1.36 bits per heavy atom. The molecular formula is C10H16O4. The van der Waals surface area contributed by atoms with Gasteiger partial charge in [0.2, 0.25) is 0 Å². The summed E-state index contributed by atoms with van der Waals surface area (Å²) >= 11 is 0. The molecule has 1 N–H and O–H groups in total. The summed E-state index contributed by atoms with van der Waals surface area (Å²) < 4.78 is 5.08. The first-order valence-corrected chi connectivity index (χ1v) is 4.90. The number of carboxylic acids is 1. The fourth-order valence-electron chi connectivity index (χ4n) is 1.88. The molecule has 0 aromatic heterocycles. The van der Waals surface area contributed by atoms with E-state index >= 15 is 0 Å². The van der Waals surface area contributed by atoms with Crippen molar-refractivity contribution in [1.82, 2.24) is 0 Å². The van der Waals surface area contributed by atoms with Gasteiger partial charge in [-0.15, -0.1) is 0 Å². The summed E-state index contributed by atoms with van der Waals surface area (Å²) in [5.41, 5.74) is 0. The average Bonchev–Trinajstić information content (AvgIpc) is 2.07. The van der Waals surface area contributed by atoms with Gasteiger partial charge < -0.3 is 9.84 Å². The summed E-state index contributed by atoms with van der Waals surface area (Å²) in [6.45, 7) is 3.35. The molecule has 4 nitrogen and oxygen atoms in total. The Morgan fingerprint density at radius 2 is 2.00 bits per heavy atom. The van der Waals surface area contributed by atoms with Gasteiger partial charge in [-0.2, -0.15) is 0 Å². The standard InChI is InChI=1S/C10H16O4/c1-6-3-4-8(10(12)13)5-9(6)14-7(2)11/h6,8-9H,3-5H2,1-2H3,(H,12,13)/t6-,8-,9-/m1/s1. The number of hydrogen-bond donors (Lipinski definition) is 1. The number of rotatable bonds is 2. The minimum Gasteiger partial charge on any atom is -0.481 e. The van der Waals surface area contributed by atoms with Crippen LogP contribution in [0.1, 0.15) is 33.1 Å². The van der Waals surface area contributed by atoms with E-state index in [1.54, 1.807) is 0 Å². The van der Waals surface area contributed by atoms with Gasteiger partial charge in [0.05, 0.1) is 5.92 Å². The summed E-state index contributed by atoms with van der Waals surface area (Å²) in [5.74, 6) is -1.19. The molecular weight excluding hydrogens is 184 g/mol. The molecule has 0 aromatic rings. The topological polar surface area (TPSA) is 63.6 Å². The zero-order chi connectivity index (χ0) is 10.7. The van der Waals surface area contributed by atoms with E-state index in [1.165, 1.54) is 6.92 Å². The van der Waals surface area contributed by atoms with Crippen LogP contribution in [0.3, 0.4) is 0 Å². The Bertz CT molecular complexity index is 236. The zero-order valence-electron chi connectivity index (χ0n) is 8.53. The number of carbonyl (C=O) groups is 2. The van der Waals surface area contributed by atoms with Crippen molar-refractivity contribution in [1.29, 1.82) is 0 Å². The van der Waals surface area contributed by atoms with Crippen LogP contribution in [0.15, 0.2) is 0 Å². The molecule has 4 heteroatoms. The molecule has 0 saturated heterocycles. The number of carboxylic acid groups (broad SMARTS) is 1. The Labute approximate surface area is 83.2 Å². The highest BCUT2D eigenvalue weighted by Gasteiger charge is 2.33. The monoisotopic (exact) mass is 200 g/mol. The predicted molar refractivity (Wildman–Crippen MR) is 49.7 cm³/mol. The smallest absolute Gasteiger partial charge is 0.306 e. The number of carbonyl (C=O) groups excluding carboxylic acids is 1. The first-order chi connectivity index (χ1) is 6.50. The summed E-state index contributed by atoms with van der Waals surface area (Å²) in [7, 11) is 0. The minimum atomic E-state index is -0.783. The predicted octanol–water partition coefficient (Wildman–Crippen LogP) is 1.44. The fraction of sp³-hybridized carbons (Fsp3) is 0.800. The molecule has 14 heavy (non-hydrogen) atoms. The molecule has 0 bridgehead atoms. The molecule has 1 saturated carbocycles. The summed E-state index contributed by atoms with van der Waals surface area (Å²) in [5, 5.41) is 8.84. The van der Waals surface area contributed by atoms with Crippen LogP contribution in [0, 0.1) is 11.8 Å². The molecule has 1 fully saturated rings. The maximum Gasteiger partial charge on any atom is 0.306 e. The second-order valence-electron chi connectivity index (χ2n) is 3.97. The van der Waals surface area contributed by atoms with Crippen LogP contribution in [0.2, 0.25) is 0 Å². The molecule has 0 radical (unpaired) electrons. The van der Waals surface area contributed by atoms with Crippen LogP contribution >= 0.6 is 0 Å². The molecule has 0 aliphatic heterocycles. The molecule has 1 aliphatic carbocycles. The SMILES string of the molecule is CC(=O)O[C@@H]1C[C@H](C(=O)O)CC[C@H]1C. The van der Waals surface area contributed by atoms with Crippen molar-refractivity contribution in [2.75, 3.05) is 0 Å². The maximum atomic E-state index is 10.8. The van der Waals surface area contributed by atoms with Gasteiger partial charge in [0, 0.05) is 6.92 Å². The molecule has 3 atom stereocenters. The van der Waals surface area contributed by atoms with Gasteiger partial charge in [-0.3, -0.25) is 9.59 Å². The van der Waals surface area contributed by atoms with Gasteiger partial charge in [0.25, 0.3) is 0 Å². The number of ether oxygens (including phenoxy) is 1. The van der Waals surface area contributed by atoms with E-state index in [0.29, 0.717) is 12.8 Å². The van der Waals surface area contributed by atoms with Crippen LogP contribution in [-0.4, -0.2) is 23.1 Å². The van der Waals surface area contributed by atoms with Gasteiger partial charge in [0.15, 0.2) is 0 Å².